The van der Waals surface area contributed by atoms with Crippen LogP contribution in [0.25, 0.3) is 0 Å². The van der Waals surface area contributed by atoms with Crippen LogP contribution in [0.2, 0.25) is 0 Å². The first kappa shape index (κ1) is 19.4. The Balaban J connectivity index is 2.28. The summed E-state index contributed by atoms with van der Waals surface area (Å²) in [6.07, 6.45) is -5.68. The van der Waals surface area contributed by atoms with E-state index in [9.17, 15) is 32.9 Å². The number of amides is 2. The molecule has 0 bridgehead atoms. The number of ether oxygens (including phenoxy) is 2. The van der Waals surface area contributed by atoms with Crippen molar-refractivity contribution in [1.29, 1.82) is 0 Å². The van der Waals surface area contributed by atoms with Crippen molar-refractivity contribution in [3.63, 3.8) is 0 Å². The Morgan fingerprint density at radius 1 is 1.42 bits per heavy atom. The third-order valence-corrected chi connectivity index (χ3v) is 3.47. The maximum atomic E-state index is 12.6. The molecule has 0 spiro atoms. The summed E-state index contributed by atoms with van der Waals surface area (Å²) in [5.74, 6) is -2.00. The van der Waals surface area contributed by atoms with Gasteiger partial charge in [-0.2, -0.15) is 13.2 Å². The van der Waals surface area contributed by atoms with E-state index >= 15 is 0 Å². The Bertz CT molecular complexity index is 724. The number of hydrogen-bond donors (Lipinski definition) is 1. The average molecular weight is 377 g/mol. The molecule has 0 aliphatic carbocycles. The van der Waals surface area contributed by atoms with Crippen molar-refractivity contribution in [3.05, 3.63) is 33.9 Å². The number of benzene rings is 1. The van der Waals surface area contributed by atoms with E-state index < -0.39 is 46.9 Å². The van der Waals surface area contributed by atoms with Crippen molar-refractivity contribution < 1.29 is 37.2 Å². The number of nitrogens with two attached hydrogens (primary N) is 1. The molecule has 26 heavy (non-hydrogen) atoms. The smallest absolute Gasteiger partial charge is 0.422 e. The first-order valence-corrected chi connectivity index (χ1v) is 7.26. The topological polar surface area (TPSA) is 125 Å². The second-order valence-electron chi connectivity index (χ2n) is 5.35. The van der Waals surface area contributed by atoms with E-state index in [1.807, 2.05) is 0 Å². The van der Waals surface area contributed by atoms with Crippen LogP contribution in [0, 0.1) is 10.1 Å². The van der Waals surface area contributed by atoms with E-state index in [1.54, 1.807) is 0 Å². The molecule has 0 aromatic heterocycles. The van der Waals surface area contributed by atoms with Crippen LogP contribution in [0.4, 0.5) is 18.9 Å². The minimum absolute atomic E-state index is 0.0165. The summed E-state index contributed by atoms with van der Waals surface area (Å²) >= 11 is 0. The Morgan fingerprint density at radius 2 is 2.12 bits per heavy atom. The van der Waals surface area contributed by atoms with Crippen LogP contribution in [-0.4, -0.2) is 60.2 Å². The number of primary amides is 1. The highest BCUT2D eigenvalue weighted by atomic mass is 19.4. The highest BCUT2D eigenvalue weighted by Crippen LogP contribution is 2.27. The lowest BCUT2D eigenvalue weighted by Gasteiger charge is -2.31. The fourth-order valence-corrected chi connectivity index (χ4v) is 2.28. The summed E-state index contributed by atoms with van der Waals surface area (Å²) in [5.41, 5.74) is 4.06. The second kappa shape index (κ2) is 7.56. The molecule has 1 unspecified atom stereocenters. The fourth-order valence-electron chi connectivity index (χ4n) is 2.28. The Morgan fingerprint density at radius 3 is 2.69 bits per heavy atom. The maximum Gasteiger partial charge on any atom is 0.422 e. The van der Waals surface area contributed by atoms with Crippen LogP contribution in [0.3, 0.4) is 0 Å². The third kappa shape index (κ3) is 4.81. The molecule has 1 aliphatic rings. The molecule has 1 saturated heterocycles. The van der Waals surface area contributed by atoms with Gasteiger partial charge in [-0.05, 0) is 12.1 Å². The van der Waals surface area contributed by atoms with Crippen molar-refractivity contribution in [2.24, 2.45) is 5.73 Å². The summed E-state index contributed by atoms with van der Waals surface area (Å²) in [7, 11) is 0. The second-order valence-corrected chi connectivity index (χ2v) is 5.35. The number of halogens is 3. The largest absolute Gasteiger partial charge is 0.484 e. The zero-order chi connectivity index (χ0) is 19.5. The van der Waals surface area contributed by atoms with Gasteiger partial charge in [0.1, 0.15) is 11.3 Å². The van der Waals surface area contributed by atoms with Gasteiger partial charge in [-0.15, -0.1) is 0 Å². The molecule has 2 N–H and O–H groups in total. The molecular weight excluding hydrogens is 363 g/mol. The minimum atomic E-state index is -4.61. The van der Waals surface area contributed by atoms with E-state index in [2.05, 4.69) is 4.74 Å². The van der Waals surface area contributed by atoms with Gasteiger partial charge < -0.3 is 20.1 Å². The standard InChI is InChI=1S/C14H14F3N3O6/c15-14(16,17)7-26-8-1-2-10(20(23)24)9(5-8)13(22)19-3-4-25-11(6-19)12(18)21/h1-2,5,11H,3-4,6-7H2,(H2,18,21). The number of carbonyl (C=O) groups is 2. The number of alkyl halides is 3. The number of nitro benzene ring substituents is 1. The molecular formula is C14H14F3N3O6. The maximum absolute atomic E-state index is 12.6. The molecule has 0 radical (unpaired) electrons. The molecule has 1 atom stereocenters. The monoisotopic (exact) mass is 377 g/mol. The van der Waals surface area contributed by atoms with Crippen LogP contribution in [0.1, 0.15) is 10.4 Å². The van der Waals surface area contributed by atoms with Crippen LogP contribution in [0.15, 0.2) is 18.2 Å². The van der Waals surface area contributed by atoms with E-state index in [4.69, 9.17) is 10.5 Å². The normalized spacial score (nSPS) is 17.7. The van der Waals surface area contributed by atoms with Gasteiger partial charge in [0, 0.05) is 12.6 Å². The molecule has 9 nitrogen and oxygen atoms in total. The van der Waals surface area contributed by atoms with E-state index in [1.165, 1.54) is 0 Å². The van der Waals surface area contributed by atoms with Gasteiger partial charge in [0.15, 0.2) is 12.7 Å². The summed E-state index contributed by atoms with van der Waals surface area (Å²) < 4.78 is 46.4. The van der Waals surface area contributed by atoms with Gasteiger partial charge in [0.05, 0.1) is 18.1 Å². The van der Waals surface area contributed by atoms with Gasteiger partial charge in [-0.1, -0.05) is 0 Å². The highest BCUT2D eigenvalue weighted by molar-refractivity contribution is 5.99. The highest BCUT2D eigenvalue weighted by Gasteiger charge is 2.33. The number of morpholine rings is 1. The quantitative estimate of drug-likeness (QED) is 0.599. The molecule has 1 fully saturated rings. The molecule has 0 saturated carbocycles. The van der Waals surface area contributed by atoms with Crippen molar-refractivity contribution in [2.75, 3.05) is 26.3 Å². The summed E-state index contributed by atoms with van der Waals surface area (Å²) in [4.78, 5) is 35.2. The summed E-state index contributed by atoms with van der Waals surface area (Å²) in [6.45, 7) is -1.82. The van der Waals surface area contributed by atoms with Gasteiger partial charge in [0.2, 0.25) is 5.91 Å². The Hall–Kier alpha value is -2.89. The molecule has 1 aromatic rings. The summed E-state index contributed by atoms with van der Waals surface area (Å²) in [5, 5.41) is 11.1. The number of rotatable bonds is 5. The Kier molecular flexibility index (Phi) is 5.65. The molecule has 142 valence electrons. The average Bonchev–Trinajstić information content (AvgIpc) is 2.58. The van der Waals surface area contributed by atoms with Crippen molar-refractivity contribution in [2.45, 2.75) is 12.3 Å². The van der Waals surface area contributed by atoms with Crippen LogP contribution in [-0.2, 0) is 9.53 Å². The molecule has 2 rings (SSSR count). The van der Waals surface area contributed by atoms with Crippen LogP contribution < -0.4 is 10.5 Å². The number of nitrogens with zero attached hydrogens (tertiary/aromatic N) is 2. The number of hydrogen-bond acceptors (Lipinski definition) is 6. The SMILES string of the molecule is NC(=O)C1CN(C(=O)c2cc(OCC(F)(F)F)ccc2[N+](=O)[O-])CCO1. The lowest BCUT2D eigenvalue weighted by Crippen LogP contribution is -2.50. The van der Waals surface area contributed by atoms with Crippen LogP contribution in [0.5, 0.6) is 5.75 Å². The van der Waals surface area contributed by atoms with Crippen molar-refractivity contribution in [1.82, 2.24) is 4.90 Å². The van der Waals surface area contributed by atoms with Crippen molar-refractivity contribution in [3.8, 4) is 5.75 Å². The van der Waals surface area contributed by atoms with Gasteiger partial charge in [0.25, 0.3) is 11.6 Å². The first-order chi connectivity index (χ1) is 12.1. The van der Waals surface area contributed by atoms with E-state index in [0.29, 0.717) is 0 Å². The third-order valence-electron chi connectivity index (χ3n) is 3.47. The van der Waals surface area contributed by atoms with Gasteiger partial charge in [-0.25, -0.2) is 0 Å². The molecule has 1 aromatic carbocycles. The minimum Gasteiger partial charge on any atom is -0.484 e. The number of nitro groups is 1. The molecule has 2 amide bonds. The number of carbonyl (C=O) groups excluding carboxylic acids is 2. The molecule has 1 heterocycles. The lowest BCUT2D eigenvalue weighted by molar-refractivity contribution is -0.385. The Labute approximate surface area is 144 Å². The molecule has 1 aliphatic heterocycles. The van der Waals surface area contributed by atoms with Gasteiger partial charge >= 0.3 is 6.18 Å². The van der Waals surface area contributed by atoms with E-state index in [-0.39, 0.29) is 25.4 Å². The predicted octanol–water partition coefficient (Wildman–Crippen LogP) is 0.862. The fraction of sp³-hybridized carbons (Fsp3) is 0.429. The van der Waals surface area contributed by atoms with E-state index in [0.717, 1.165) is 23.1 Å². The zero-order valence-corrected chi connectivity index (χ0v) is 13.2. The lowest BCUT2D eigenvalue weighted by atomic mass is 10.1. The predicted molar refractivity (Wildman–Crippen MR) is 79.5 cm³/mol. The van der Waals surface area contributed by atoms with Crippen LogP contribution >= 0.6 is 0 Å². The molecule has 12 heteroatoms. The summed E-state index contributed by atoms with van der Waals surface area (Å²) in [6, 6.07) is 2.71. The first-order valence-electron chi connectivity index (χ1n) is 7.26. The van der Waals surface area contributed by atoms with Crippen molar-refractivity contribution >= 4 is 17.5 Å². The van der Waals surface area contributed by atoms with Gasteiger partial charge in [-0.3, -0.25) is 19.7 Å². The zero-order valence-electron chi connectivity index (χ0n) is 13.2.